The Morgan fingerprint density at radius 3 is 2.71 bits per heavy atom. The van der Waals surface area contributed by atoms with E-state index in [0.717, 1.165) is 10.6 Å². The highest BCUT2D eigenvalue weighted by molar-refractivity contribution is 7.99. The lowest BCUT2D eigenvalue weighted by Crippen LogP contribution is -2.30. The van der Waals surface area contributed by atoms with Crippen molar-refractivity contribution in [1.82, 2.24) is 15.1 Å². The van der Waals surface area contributed by atoms with Gasteiger partial charge in [-0.25, -0.2) is 4.39 Å². The molecule has 2 rings (SSSR count). The number of carbonyl (C=O) groups excluding carboxylic acids is 1. The van der Waals surface area contributed by atoms with Crippen molar-refractivity contribution in [1.29, 1.82) is 0 Å². The number of aromatic nitrogens is 2. The van der Waals surface area contributed by atoms with Crippen LogP contribution >= 0.6 is 11.8 Å². The van der Waals surface area contributed by atoms with E-state index in [-0.39, 0.29) is 17.6 Å². The second kappa shape index (κ2) is 7.26. The van der Waals surface area contributed by atoms with Crippen molar-refractivity contribution in [3.63, 3.8) is 0 Å². The lowest BCUT2D eigenvalue weighted by atomic mass is 10.2. The Morgan fingerprint density at radius 2 is 2.10 bits per heavy atom. The van der Waals surface area contributed by atoms with Gasteiger partial charge in [-0.2, -0.15) is 5.10 Å². The van der Waals surface area contributed by atoms with Crippen LogP contribution in [-0.2, 0) is 18.4 Å². The molecule has 1 N–H and O–H groups in total. The van der Waals surface area contributed by atoms with Gasteiger partial charge in [-0.3, -0.25) is 9.48 Å². The van der Waals surface area contributed by atoms with Crippen LogP contribution in [0.4, 0.5) is 4.39 Å². The van der Waals surface area contributed by atoms with Crippen molar-refractivity contribution in [3.05, 3.63) is 48.0 Å². The first-order valence-electron chi connectivity index (χ1n) is 6.69. The van der Waals surface area contributed by atoms with E-state index < -0.39 is 0 Å². The summed E-state index contributed by atoms with van der Waals surface area (Å²) in [6.07, 6.45) is 1.84. The minimum Gasteiger partial charge on any atom is -0.350 e. The molecule has 0 saturated heterocycles. The molecule has 1 amide bonds. The third-order valence-electron chi connectivity index (χ3n) is 2.97. The monoisotopic (exact) mass is 307 g/mol. The van der Waals surface area contributed by atoms with E-state index in [0.29, 0.717) is 12.3 Å². The van der Waals surface area contributed by atoms with Gasteiger partial charge in [0.2, 0.25) is 5.91 Å². The highest BCUT2D eigenvalue weighted by Crippen LogP contribution is 2.21. The Balaban J connectivity index is 1.75. The number of thioether (sulfide) groups is 1. The van der Waals surface area contributed by atoms with Crippen molar-refractivity contribution in [3.8, 4) is 0 Å². The van der Waals surface area contributed by atoms with E-state index in [1.807, 2.05) is 26.2 Å². The van der Waals surface area contributed by atoms with Crippen LogP contribution in [0.25, 0.3) is 0 Å². The van der Waals surface area contributed by atoms with Crippen LogP contribution in [-0.4, -0.2) is 21.4 Å². The van der Waals surface area contributed by atoms with Gasteiger partial charge < -0.3 is 5.32 Å². The van der Waals surface area contributed by atoms with Gasteiger partial charge in [0.25, 0.3) is 0 Å². The summed E-state index contributed by atoms with van der Waals surface area (Å²) < 4.78 is 14.5. The lowest BCUT2D eigenvalue weighted by Gasteiger charge is -2.11. The van der Waals surface area contributed by atoms with Crippen molar-refractivity contribution in [2.45, 2.75) is 18.4 Å². The molecule has 1 aromatic heterocycles. The van der Waals surface area contributed by atoms with Gasteiger partial charge in [0, 0.05) is 29.8 Å². The smallest absolute Gasteiger partial charge is 0.223 e. The zero-order valence-electron chi connectivity index (χ0n) is 12.0. The summed E-state index contributed by atoms with van der Waals surface area (Å²) in [5.74, 6) is 0.277. The zero-order valence-corrected chi connectivity index (χ0v) is 12.9. The van der Waals surface area contributed by atoms with Gasteiger partial charge in [-0.1, -0.05) is 6.92 Å². The van der Waals surface area contributed by atoms with Gasteiger partial charge in [-0.15, -0.1) is 11.8 Å². The highest BCUT2D eigenvalue weighted by Gasteiger charge is 2.13. The lowest BCUT2D eigenvalue weighted by molar-refractivity contribution is -0.124. The van der Waals surface area contributed by atoms with Crippen molar-refractivity contribution >= 4 is 17.7 Å². The maximum atomic E-state index is 12.8. The number of aryl methyl sites for hydroxylation is 1. The molecule has 1 aromatic carbocycles. The third-order valence-corrected chi connectivity index (χ3v) is 4.25. The molecule has 1 atom stereocenters. The first-order chi connectivity index (χ1) is 10.0. The van der Waals surface area contributed by atoms with Gasteiger partial charge in [0.15, 0.2) is 0 Å². The van der Waals surface area contributed by atoms with E-state index >= 15 is 0 Å². The number of halogens is 1. The van der Waals surface area contributed by atoms with E-state index in [4.69, 9.17) is 0 Å². The van der Waals surface area contributed by atoms with Crippen molar-refractivity contribution in [2.75, 3.05) is 5.75 Å². The van der Waals surface area contributed by atoms with Crippen molar-refractivity contribution in [2.24, 2.45) is 13.0 Å². The molecule has 0 fully saturated rings. The largest absolute Gasteiger partial charge is 0.350 e. The Bertz CT molecular complexity index is 597. The number of hydrogen-bond donors (Lipinski definition) is 1. The highest BCUT2D eigenvalue weighted by atomic mass is 32.2. The number of nitrogens with zero attached hydrogens (tertiary/aromatic N) is 2. The average molecular weight is 307 g/mol. The Morgan fingerprint density at radius 1 is 1.38 bits per heavy atom. The molecule has 1 unspecified atom stereocenters. The van der Waals surface area contributed by atoms with Crippen LogP contribution in [0.2, 0.25) is 0 Å². The van der Waals surface area contributed by atoms with Gasteiger partial charge in [-0.05, 0) is 30.3 Å². The minimum absolute atomic E-state index is 0.00438. The van der Waals surface area contributed by atoms with E-state index in [1.54, 1.807) is 28.6 Å². The van der Waals surface area contributed by atoms with E-state index in [2.05, 4.69) is 10.4 Å². The van der Waals surface area contributed by atoms with Crippen LogP contribution < -0.4 is 5.32 Å². The number of nitrogens with one attached hydrogen (secondary N) is 1. The minimum atomic E-state index is -0.250. The predicted octanol–water partition coefficient (Wildman–Crippen LogP) is 2.60. The second-order valence-corrected chi connectivity index (χ2v) is 5.96. The summed E-state index contributed by atoms with van der Waals surface area (Å²) in [7, 11) is 1.84. The normalized spacial score (nSPS) is 12.1. The summed E-state index contributed by atoms with van der Waals surface area (Å²) in [6, 6.07) is 8.16. The SMILES string of the molecule is CC(CSc1ccc(F)cc1)C(=O)NCc1ccn(C)n1. The topological polar surface area (TPSA) is 46.9 Å². The standard InChI is InChI=1S/C15H18FN3OS/c1-11(10-21-14-5-3-12(16)4-6-14)15(20)17-9-13-7-8-19(2)18-13/h3-8,11H,9-10H2,1-2H3,(H,17,20). The van der Waals surface area contributed by atoms with Crippen LogP contribution in [0.5, 0.6) is 0 Å². The summed E-state index contributed by atoms with van der Waals surface area (Å²) in [4.78, 5) is 12.9. The molecule has 0 aliphatic carbocycles. The number of carbonyl (C=O) groups is 1. The number of benzene rings is 1. The van der Waals surface area contributed by atoms with E-state index in [1.165, 1.54) is 12.1 Å². The fraction of sp³-hybridized carbons (Fsp3) is 0.333. The van der Waals surface area contributed by atoms with Crippen LogP contribution in [0.3, 0.4) is 0 Å². The number of rotatable bonds is 6. The Kier molecular flexibility index (Phi) is 5.38. The molecule has 0 saturated carbocycles. The van der Waals surface area contributed by atoms with Crippen LogP contribution in [0.1, 0.15) is 12.6 Å². The Hall–Kier alpha value is -1.82. The summed E-state index contributed by atoms with van der Waals surface area (Å²) >= 11 is 1.54. The molecule has 0 aliphatic heterocycles. The van der Waals surface area contributed by atoms with Gasteiger partial charge in [0.1, 0.15) is 5.82 Å². The first-order valence-corrected chi connectivity index (χ1v) is 7.68. The summed E-state index contributed by atoms with van der Waals surface area (Å²) in [6.45, 7) is 2.31. The third kappa shape index (κ3) is 4.90. The maximum absolute atomic E-state index is 12.8. The number of hydrogen-bond acceptors (Lipinski definition) is 3. The summed E-state index contributed by atoms with van der Waals surface area (Å²) in [5.41, 5.74) is 0.837. The van der Waals surface area contributed by atoms with Gasteiger partial charge >= 0.3 is 0 Å². The molecular weight excluding hydrogens is 289 g/mol. The fourth-order valence-electron chi connectivity index (χ4n) is 1.74. The number of amides is 1. The molecule has 6 heteroatoms. The van der Waals surface area contributed by atoms with Crippen LogP contribution in [0.15, 0.2) is 41.4 Å². The molecule has 2 aromatic rings. The van der Waals surface area contributed by atoms with Gasteiger partial charge in [0.05, 0.1) is 12.2 Å². The molecule has 0 bridgehead atoms. The Labute approximate surface area is 127 Å². The molecular formula is C15H18FN3OS. The first kappa shape index (κ1) is 15.6. The fourth-order valence-corrected chi connectivity index (χ4v) is 2.66. The molecule has 0 spiro atoms. The molecule has 0 aliphatic rings. The predicted molar refractivity (Wildman–Crippen MR) is 81.3 cm³/mol. The zero-order chi connectivity index (χ0) is 15.2. The average Bonchev–Trinajstić information content (AvgIpc) is 2.89. The molecule has 1 heterocycles. The second-order valence-electron chi connectivity index (χ2n) is 4.86. The molecule has 0 radical (unpaired) electrons. The summed E-state index contributed by atoms with van der Waals surface area (Å²) in [5, 5.41) is 7.07. The quantitative estimate of drug-likeness (QED) is 0.835. The van der Waals surface area contributed by atoms with E-state index in [9.17, 15) is 9.18 Å². The van der Waals surface area contributed by atoms with Crippen molar-refractivity contribution < 1.29 is 9.18 Å². The molecule has 21 heavy (non-hydrogen) atoms. The maximum Gasteiger partial charge on any atom is 0.223 e. The molecule has 112 valence electrons. The molecule has 4 nitrogen and oxygen atoms in total. The van der Waals surface area contributed by atoms with Crippen LogP contribution in [0, 0.1) is 11.7 Å².